The van der Waals surface area contributed by atoms with Crippen LogP contribution in [0.25, 0.3) is 0 Å². The van der Waals surface area contributed by atoms with Crippen molar-refractivity contribution in [3.8, 4) is 0 Å². The van der Waals surface area contributed by atoms with Gasteiger partial charge in [-0.25, -0.2) is 0 Å². The second-order valence-electron chi connectivity index (χ2n) is 5.13. The van der Waals surface area contributed by atoms with Gasteiger partial charge in [0.2, 0.25) is 0 Å². The van der Waals surface area contributed by atoms with Gasteiger partial charge in [-0.2, -0.15) is 0 Å². The fourth-order valence-electron chi connectivity index (χ4n) is 1.83. The highest BCUT2D eigenvalue weighted by Crippen LogP contribution is 2.41. The SMILES string of the molecule is CC[C@H](C)[C@@H]1C(=O)O[C@H]1C(C)(C)C. The average molecular weight is 184 g/mol. The maximum atomic E-state index is 11.3. The van der Waals surface area contributed by atoms with Crippen LogP contribution in [0.5, 0.6) is 0 Å². The topological polar surface area (TPSA) is 26.3 Å². The van der Waals surface area contributed by atoms with Gasteiger partial charge in [-0.15, -0.1) is 0 Å². The van der Waals surface area contributed by atoms with E-state index in [2.05, 4.69) is 34.6 Å². The summed E-state index contributed by atoms with van der Waals surface area (Å²) in [7, 11) is 0. The highest BCUT2D eigenvalue weighted by molar-refractivity contribution is 5.79. The summed E-state index contributed by atoms with van der Waals surface area (Å²) in [5.74, 6) is 0.574. The number of rotatable bonds is 2. The van der Waals surface area contributed by atoms with Crippen molar-refractivity contribution >= 4 is 5.97 Å². The lowest BCUT2D eigenvalue weighted by Gasteiger charge is -2.45. The van der Waals surface area contributed by atoms with Crippen molar-refractivity contribution < 1.29 is 9.53 Å². The molecule has 3 atom stereocenters. The molecule has 1 aliphatic rings. The summed E-state index contributed by atoms with van der Waals surface area (Å²) >= 11 is 0. The molecule has 13 heavy (non-hydrogen) atoms. The number of ether oxygens (including phenoxy) is 1. The first-order valence-electron chi connectivity index (χ1n) is 5.08. The van der Waals surface area contributed by atoms with Crippen LogP contribution in [0.3, 0.4) is 0 Å². The third-order valence-electron chi connectivity index (χ3n) is 2.95. The Morgan fingerprint density at radius 2 is 2.00 bits per heavy atom. The van der Waals surface area contributed by atoms with E-state index in [1.54, 1.807) is 0 Å². The van der Waals surface area contributed by atoms with Crippen molar-refractivity contribution in [1.29, 1.82) is 0 Å². The zero-order valence-corrected chi connectivity index (χ0v) is 9.26. The van der Waals surface area contributed by atoms with Crippen molar-refractivity contribution in [2.45, 2.75) is 47.1 Å². The summed E-state index contributed by atoms with van der Waals surface area (Å²) in [4.78, 5) is 11.3. The van der Waals surface area contributed by atoms with Gasteiger partial charge in [-0.3, -0.25) is 4.79 Å². The average Bonchev–Trinajstić information content (AvgIpc) is 1.97. The number of hydrogen-bond donors (Lipinski definition) is 0. The summed E-state index contributed by atoms with van der Waals surface area (Å²) in [5.41, 5.74) is 0.0853. The van der Waals surface area contributed by atoms with E-state index in [4.69, 9.17) is 4.74 Å². The van der Waals surface area contributed by atoms with Crippen molar-refractivity contribution in [2.24, 2.45) is 17.3 Å². The van der Waals surface area contributed by atoms with Gasteiger partial charge >= 0.3 is 5.97 Å². The van der Waals surface area contributed by atoms with Crippen LogP contribution in [0.15, 0.2) is 0 Å². The third kappa shape index (κ3) is 1.87. The Hall–Kier alpha value is -0.530. The van der Waals surface area contributed by atoms with E-state index in [-0.39, 0.29) is 23.4 Å². The normalized spacial score (nSPS) is 30.7. The lowest BCUT2D eigenvalue weighted by Crippen LogP contribution is -2.54. The Morgan fingerprint density at radius 3 is 2.31 bits per heavy atom. The molecule has 76 valence electrons. The summed E-state index contributed by atoms with van der Waals surface area (Å²) in [5, 5.41) is 0. The van der Waals surface area contributed by atoms with Crippen LogP contribution in [0.2, 0.25) is 0 Å². The minimum absolute atomic E-state index is 0.00530. The molecule has 2 heteroatoms. The lowest BCUT2D eigenvalue weighted by atomic mass is 9.72. The Kier molecular flexibility index (Phi) is 2.69. The molecule has 2 nitrogen and oxygen atoms in total. The lowest BCUT2D eigenvalue weighted by molar-refractivity contribution is -0.204. The van der Waals surface area contributed by atoms with E-state index in [1.807, 2.05) is 0 Å². The maximum Gasteiger partial charge on any atom is 0.313 e. The van der Waals surface area contributed by atoms with E-state index in [9.17, 15) is 4.79 Å². The van der Waals surface area contributed by atoms with Crippen molar-refractivity contribution in [3.63, 3.8) is 0 Å². The molecule has 0 bridgehead atoms. The third-order valence-corrected chi connectivity index (χ3v) is 2.95. The summed E-state index contributed by atoms with van der Waals surface area (Å²) < 4.78 is 5.20. The summed E-state index contributed by atoms with van der Waals surface area (Å²) in [6.07, 6.45) is 1.17. The number of esters is 1. The fraction of sp³-hybridized carbons (Fsp3) is 0.909. The molecule has 0 unspecified atom stereocenters. The van der Waals surface area contributed by atoms with E-state index < -0.39 is 0 Å². The smallest absolute Gasteiger partial charge is 0.313 e. The van der Waals surface area contributed by atoms with Gasteiger partial charge < -0.3 is 4.74 Å². The molecule has 0 amide bonds. The van der Waals surface area contributed by atoms with Crippen LogP contribution in [0.1, 0.15) is 41.0 Å². The maximum absolute atomic E-state index is 11.3. The second-order valence-corrected chi connectivity index (χ2v) is 5.13. The molecule has 0 aliphatic carbocycles. The number of cyclic esters (lactones) is 1. The molecule has 1 aliphatic heterocycles. The molecular weight excluding hydrogens is 164 g/mol. The van der Waals surface area contributed by atoms with Gasteiger partial charge in [-0.1, -0.05) is 41.0 Å². The highest BCUT2D eigenvalue weighted by atomic mass is 16.6. The van der Waals surface area contributed by atoms with Crippen molar-refractivity contribution in [3.05, 3.63) is 0 Å². The van der Waals surface area contributed by atoms with E-state index in [1.165, 1.54) is 0 Å². The largest absolute Gasteiger partial charge is 0.461 e. The minimum Gasteiger partial charge on any atom is -0.461 e. The number of hydrogen-bond acceptors (Lipinski definition) is 2. The first-order valence-corrected chi connectivity index (χ1v) is 5.08. The van der Waals surface area contributed by atoms with Crippen molar-refractivity contribution in [1.82, 2.24) is 0 Å². The molecular formula is C11H20O2. The van der Waals surface area contributed by atoms with Gasteiger partial charge in [0.25, 0.3) is 0 Å². The molecule has 0 aromatic carbocycles. The Balaban J connectivity index is 2.67. The van der Waals surface area contributed by atoms with Crippen LogP contribution in [0.4, 0.5) is 0 Å². The predicted octanol–water partition coefficient (Wildman–Crippen LogP) is 2.62. The molecule has 1 fully saturated rings. The Bertz CT molecular complexity index is 203. The fourth-order valence-corrected chi connectivity index (χ4v) is 1.83. The predicted molar refractivity (Wildman–Crippen MR) is 52.3 cm³/mol. The minimum atomic E-state index is -0.00530. The van der Waals surface area contributed by atoms with Crippen LogP contribution in [0, 0.1) is 17.3 Å². The first kappa shape index (κ1) is 10.6. The van der Waals surface area contributed by atoms with E-state index >= 15 is 0 Å². The molecule has 0 aromatic rings. The van der Waals surface area contributed by atoms with Crippen LogP contribution in [-0.4, -0.2) is 12.1 Å². The molecule has 0 saturated carbocycles. The molecule has 0 N–H and O–H groups in total. The Morgan fingerprint density at radius 1 is 1.46 bits per heavy atom. The molecule has 0 radical (unpaired) electrons. The molecule has 1 saturated heterocycles. The van der Waals surface area contributed by atoms with Gasteiger partial charge in [0.1, 0.15) is 6.10 Å². The van der Waals surface area contributed by atoms with Crippen molar-refractivity contribution in [2.75, 3.05) is 0 Å². The number of carbonyl (C=O) groups is 1. The second kappa shape index (κ2) is 3.32. The highest BCUT2D eigenvalue weighted by Gasteiger charge is 2.50. The molecule has 1 rings (SSSR count). The van der Waals surface area contributed by atoms with Gasteiger partial charge in [0, 0.05) is 0 Å². The summed E-state index contributed by atoms with van der Waals surface area (Å²) in [6, 6.07) is 0. The summed E-state index contributed by atoms with van der Waals surface area (Å²) in [6.45, 7) is 10.6. The van der Waals surface area contributed by atoms with Gasteiger partial charge in [0.15, 0.2) is 0 Å². The zero-order chi connectivity index (χ0) is 10.2. The quantitative estimate of drug-likeness (QED) is 0.617. The van der Waals surface area contributed by atoms with Gasteiger partial charge in [-0.05, 0) is 11.3 Å². The van der Waals surface area contributed by atoms with E-state index in [0.717, 1.165) is 6.42 Å². The molecule has 0 aromatic heterocycles. The Labute approximate surface area is 80.7 Å². The van der Waals surface area contributed by atoms with Crippen LogP contribution >= 0.6 is 0 Å². The van der Waals surface area contributed by atoms with E-state index in [0.29, 0.717) is 5.92 Å². The monoisotopic (exact) mass is 184 g/mol. The first-order chi connectivity index (χ1) is 5.88. The number of carbonyl (C=O) groups excluding carboxylic acids is 1. The molecule has 1 heterocycles. The molecule has 0 spiro atoms. The standard InChI is InChI=1S/C11H20O2/c1-6-7(2)8-9(11(3,4)5)13-10(8)12/h7-9H,6H2,1-5H3/t7-,8-,9+/m0/s1. The van der Waals surface area contributed by atoms with Crippen LogP contribution in [-0.2, 0) is 9.53 Å². The van der Waals surface area contributed by atoms with Crippen LogP contribution < -0.4 is 0 Å². The zero-order valence-electron chi connectivity index (χ0n) is 9.26. The van der Waals surface area contributed by atoms with Gasteiger partial charge in [0.05, 0.1) is 5.92 Å².